The zero-order valence-electron chi connectivity index (χ0n) is 29.6. The lowest BCUT2D eigenvalue weighted by Crippen LogP contribution is -2.36. The van der Waals surface area contributed by atoms with Crippen molar-refractivity contribution in [2.45, 2.75) is 49.9 Å². The van der Waals surface area contributed by atoms with Gasteiger partial charge in [0, 0.05) is 38.1 Å². The van der Waals surface area contributed by atoms with Crippen LogP contribution in [0.25, 0.3) is 0 Å². The molecule has 4 N–H and O–H groups in total. The van der Waals surface area contributed by atoms with Crippen molar-refractivity contribution < 1.29 is 0 Å². The molecule has 0 radical (unpaired) electrons. The van der Waals surface area contributed by atoms with Gasteiger partial charge in [0.15, 0.2) is 11.9 Å². The van der Waals surface area contributed by atoms with Crippen molar-refractivity contribution in [3.05, 3.63) is 200 Å². The van der Waals surface area contributed by atoms with Crippen LogP contribution in [0.1, 0.15) is 81.5 Å². The second-order valence-corrected chi connectivity index (χ2v) is 15.0. The predicted molar refractivity (Wildman–Crippen MR) is 223 cm³/mol. The lowest BCUT2D eigenvalue weighted by Gasteiger charge is -2.28. The van der Waals surface area contributed by atoms with E-state index in [2.05, 4.69) is 137 Å². The third kappa shape index (κ3) is 6.95. The summed E-state index contributed by atoms with van der Waals surface area (Å²) in [6.45, 7) is 0. The molecule has 8 heteroatoms. The molecule has 0 saturated heterocycles. The van der Waals surface area contributed by atoms with Crippen LogP contribution in [-0.2, 0) is 12.8 Å². The van der Waals surface area contributed by atoms with Gasteiger partial charge in [0.05, 0.1) is 12.1 Å². The summed E-state index contributed by atoms with van der Waals surface area (Å²) >= 11 is 12.8. The Labute approximate surface area is 326 Å². The van der Waals surface area contributed by atoms with E-state index in [4.69, 9.17) is 33.2 Å². The highest BCUT2D eigenvalue weighted by Gasteiger charge is 2.29. The fourth-order valence-corrected chi connectivity index (χ4v) is 8.56. The molecular formula is C46H40Cl2N6. The molecule has 0 fully saturated rings. The largest absolute Gasteiger partial charge is 0.349 e. The molecule has 2 aliphatic heterocycles. The van der Waals surface area contributed by atoms with E-state index in [-0.39, 0.29) is 18.1 Å². The summed E-state index contributed by atoms with van der Waals surface area (Å²) in [5.41, 5.74) is 12.2. The Morgan fingerprint density at radius 3 is 1.56 bits per heavy atom. The Morgan fingerprint density at radius 2 is 0.963 bits per heavy atom. The molecule has 6 aromatic rings. The number of para-hydroxylation sites is 2. The standard InChI is InChI=1S/C23H19Cl2N3.C23H21N3/c24-15-10-11-19(25)18(13-15)22-17-7-3-4-8-20(17)26-23(28-22)27-21-12-9-14-5-1-2-6-16(14)21;1-2-9-17(10-3-1)22-19-12-6-7-13-20(19)24-23(26-22)25-21-15-14-16-8-4-5-11-18(16)21/h1-8,10-11,13,21-22H,9,12H2,(H2,26,27,28);1-13,21-22H,14-15H2,(H2,24,25,26)/t21-,22?;/m0./s1. The molecule has 0 bridgehead atoms. The van der Waals surface area contributed by atoms with Crippen molar-refractivity contribution in [1.29, 1.82) is 0 Å². The van der Waals surface area contributed by atoms with Crippen molar-refractivity contribution in [2.75, 3.05) is 10.6 Å². The number of hydrogen-bond donors (Lipinski definition) is 4. The zero-order valence-corrected chi connectivity index (χ0v) is 31.2. The van der Waals surface area contributed by atoms with E-state index in [1.54, 1.807) is 6.07 Å². The summed E-state index contributed by atoms with van der Waals surface area (Å²) in [6.07, 6.45) is 4.38. The Kier molecular flexibility index (Phi) is 9.54. The quantitative estimate of drug-likeness (QED) is 0.145. The van der Waals surface area contributed by atoms with Crippen LogP contribution in [0.4, 0.5) is 11.4 Å². The van der Waals surface area contributed by atoms with Crippen molar-refractivity contribution >= 4 is 46.5 Å². The van der Waals surface area contributed by atoms with Gasteiger partial charge in [-0.1, -0.05) is 138 Å². The predicted octanol–water partition coefficient (Wildman–Crippen LogP) is 11.0. The number of halogens is 2. The molecule has 10 rings (SSSR count). The van der Waals surface area contributed by atoms with Gasteiger partial charge in [0.25, 0.3) is 0 Å². The van der Waals surface area contributed by atoms with Crippen LogP contribution in [0.3, 0.4) is 0 Å². The van der Waals surface area contributed by atoms with E-state index in [0.29, 0.717) is 16.1 Å². The third-order valence-electron chi connectivity index (χ3n) is 10.8. The lowest BCUT2D eigenvalue weighted by atomic mass is 9.96. The highest BCUT2D eigenvalue weighted by molar-refractivity contribution is 6.33. The smallest absolute Gasteiger partial charge is 0.197 e. The van der Waals surface area contributed by atoms with Crippen LogP contribution in [0.2, 0.25) is 10.0 Å². The molecule has 2 heterocycles. The summed E-state index contributed by atoms with van der Waals surface area (Å²) in [6, 6.07) is 50.4. The first-order valence-corrected chi connectivity index (χ1v) is 19.4. The molecule has 4 atom stereocenters. The van der Waals surface area contributed by atoms with Gasteiger partial charge in [-0.25, -0.2) is 9.98 Å². The van der Waals surface area contributed by atoms with Gasteiger partial charge in [-0.2, -0.15) is 0 Å². The minimum Gasteiger partial charge on any atom is -0.349 e. The molecule has 3 unspecified atom stereocenters. The molecule has 6 aromatic carbocycles. The molecule has 4 aliphatic rings. The van der Waals surface area contributed by atoms with Gasteiger partial charge in [-0.15, -0.1) is 0 Å². The maximum atomic E-state index is 6.51. The summed E-state index contributed by atoms with van der Waals surface area (Å²) in [7, 11) is 0. The Morgan fingerprint density at radius 1 is 0.481 bits per heavy atom. The molecular weight excluding hydrogens is 707 g/mol. The van der Waals surface area contributed by atoms with Crippen LogP contribution in [0, 0.1) is 0 Å². The molecule has 268 valence electrons. The Bertz CT molecular complexity index is 2370. The number of rotatable bonds is 4. The lowest BCUT2D eigenvalue weighted by molar-refractivity contribution is 0.632. The number of nitrogens with zero attached hydrogens (tertiary/aromatic N) is 2. The number of aliphatic imine (C=N–C) groups is 2. The van der Waals surface area contributed by atoms with Crippen LogP contribution in [0.15, 0.2) is 156 Å². The maximum Gasteiger partial charge on any atom is 0.197 e. The van der Waals surface area contributed by atoms with Crippen LogP contribution in [0.5, 0.6) is 0 Å². The molecule has 0 amide bonds. The number of nitrogens with one attached hydrogen (secondary N) is 4. The molecule has 6 nitrogen and oxygen atoms in total. The fourth-order valence-electron chi connectivity index (χ4n) is 8.16. The summed E-state index contributed by atoms with van der Waals surface area (Å²) in [5.74, 6) is 1.63. The first-order chi connectivity index (χ1) is 26.6. The fraction of sp³-hybridized carbons (Fsp3) is 0.174. The summed E-state index contributed by atoms with van der Waals surface area (Å²) in [4.78, 5) is 10.0. The highest BCUT2D eigenvalue weighted by atomic mass is 35.5. The average molecular weight is 748 g/mol. The van der Waals surface area contributed by atoms with Crippen LogP contribution >= 0.6 is 23.2 Å². The first-order valence-electron chi connectivity index (χ1n) is 18.6. The molecule has 2 aliphatic carbocycles. The number of anilines is 2. The van der Waals surface area contributed by atoms with E-state index in [0.717, 1.165) is 60.1 Å². The monoisotopic (exact) mass is 746 g/mol. The Balaban J connectivity index is 0.000000143. The topological polar surface area (TPSA) is 72.8 Å². The second kappa shape index (κ2) is 15.1. The second-order valence-electron chi connectivity index (χ2n) is 14.1. The van der Waals surface area contributed by atoms with E-state index in [1.807, 2.05) is 24.3 Å². The minimum atomic E-state index is -0.206. The van der Waals surface area contributed by atoms with Gasteiger partial charge in [0.1, 0.15) is 12.1 Å². The van der Waals surface area contributed by atoms with Gasteiger partial charge < -0.3 is 21.3 Å². The van der Waals surface area contributed by atoms with Crippen molar-refractivity contribution in [2.24, 2.45) is 9.98 Å². The van der Waals surface area contributed by atoms with E-state index in [9.17, 15) is 0 Å². The molecule has 54 heavy (non-hydrogen) atoms. The van der Waals surface area contributed by atoms with Crippen LogP contribution in [-0.4, -0.2) is 11.9 Å². The Hall–Kier alpha value is -5.56. The normalized spacial score (nSPS) is 20.3. The SMILES string of the molecule is Clc1ccc(Cl)c(C2N=C(N[C@H]3CCc4ccccc43)Nc3ccccc32)c1.c1ccc(C2N=C(NC3CCc4ccccc43)Nc3ccccc32)cc1. The maximum absolute atomic E-state index is 6.51. The van der Waals surface area contributed by atoms with E-state index < -0.39 is 0 Å². The number of fused-ring (bicyclic) bond motifs is 4. The van der Waals surface area contributed by atoms with Gasteiger partial charge in [-0.3, -0.25) is 0 Å². The van der Waals surface area contributed by atoms with Gasteiger partial charge >= 0.3 is 0 Å². The number of aryl methyl sites for hydroxylation is 2. The minimum absolute atomic E-state index is 0.0211. The molecule has 0 saturated carbocycles. The number of benzene rings is 6. The van der Waals surface area contributed by atoms with Crippen molar-refractivity contribution in [1.82, 2.24) is 10.6 Å². The van der Waals surface area contributed by atoms with Gasteiger partial charge in [0.2, 0.25) is 0 Å². The molecule has 0 spiro atoms. The van der Waals surface area contributed by atoms with Crippen molar-refractivity contribution in [3.63, 3.8) is 0 Å². The number of hydrogen-bond acceptors (Lipinski definition) is 6. The summed E-state index contributed by atoms with van der Waals surface area (Å²) < 4.78 is 0. The zero-order chi connectivity index (χ0) is 36.4. The first kappa shape index (κ1) is 34.2. The molecule has 0 aromatic heterocycles. The highest BCUT2D eigenvalue weighted by Crippen LogP contribution is 2.40. The van der Waals surface area contributed by atoms with Gasteiger partial charge in [-0.05, 0) is 83.8 Å². The van der Waals surface area contributed by atoms with E-state index >= 15 is 0 Å². The number of guanidine groups is 2. The average Bonchev–Trinajstić information content (AvgIpc) is 3.82. The van der Waals surface area contributed by atoms with E-state index in [1.165, 1.54) is 33.4 Å². The third-order valence-corrected chi connectivity index (χ3v) is 11.4. The summed E-state index contributed by atoms with van der Waals surface area (Å²) in [5, 5.41) is 15.5. The van der Waals surface area contributed by atoms with Crippen LogP contribution < -0.4 is 21.3 Å². The van der Waals surface area contributed by atoms with Crippen molar-refractivity contribution in [3.8, 4) is 0 Å².